The van der Waals surface area contributed by atoms with Gasteiger partial charge in [0.2, 0.25) is 0 Å². The average Bonchev–Trinajstić information content (AvgIpc) is 2.02. The third-order valence-corrected chi connectivity index (χ3v) is 1.70. The zero-order chi connectivity index (χ0) is 10.8. The zero-order valence-corrected chi connectivity index (χ0v) is 13.5. The first-order valence-corrected chi connectivity index (χ1v) is 4.81. The molecule has 1 rings (SSSR count). The van der Waals surface area contributed by atoms with E-state index in [1.165, 1.54) is 0 Å². The van der Waals surface area contributed by atoms with E-state index < -0.39 is 12.7 Å². The van der Waals surface area contributed by atoms with Crippen molar-refractivity contribution in [3.63, 3.8) is 0 Å². The molecule has 12 N–H and O–H groups in total. The Bertz CT molecular complexity index is 393. The maximum Gasteiger partial charge on any atom is 1.00 e. The van der Waals surface area contributed by atoms with Crippen LogP contribution < -0.4 is 43.9 Å². The fourth-order valence-electron chi connectivity index (χ4n) is 0.758. The fraction of sp³-hybridized carbons (Fsp3) is 0. The number of benzene rings is 1. The fourth-order valence-corrected chi connectivity index (χ4v) is 1.14. The van der Waals surface area contributed by atoms with Gasteiger partial charge in [-0.1, -0.05) is 0 Å². The number of rotatable bonds is 3. The summed E-state index contributed by atoms with van der Waals surface area (Å²) in [5.41, 5.74) is -0.219. The molecule has 1 aromatic rings. The van der Waals surface area contributed by atoms with Crippen LogP contribution in [-0.4, -0.2) is 37.8 Å². The molecule has 0 amide bonds. The van der Waals surface area contributed by atoms with Crippen molar-refractivity contribution in [2.45, 2.75) is 0 Å². The number of nitro groups is 1. The smallest absolute Gasteiger partial charge is 0.780 e. The van der Waals surface area contributed by atoms with Crippen LogP contribution in [0, 0.1) is 10.1 Å². The maximum atomic E-state index is 10.2. The van der Waals surface area contributed by atoms with Gasteiger partial charge in [-0.15, -0.1) is 0 Å². The van der Waals surface area contributed by atoms with Crippen LogP contribution >= 0.6 is 7.82 Å². The summed E-state index contributed by atoms with van der Waals surface area (Å²) in [6.07, 6.45) is 0. The molecule has 0 unspecified atom stereocenters. The summed E-state index contributed by atoms with van der Waals surface area (Å²) in [5.74, 6) is -0.246. The summed E-state index contributed by atoms with van der Waals surface area (Å²) < 4.78 is 14.1. The van der Waals surface area contributed by atoms with Crippen LogP contribution in [0.15, 0.2) is 24.3 Å². The Balaban J connectivity index is -0.0000000560. The van der Waals surface area contributed by atoms with Gasteiger partial charge in [0, 0.05) is 12.1 Å². The molecule has 1 aromatic carbocycles. The Labute approximate surface area is 140 Å². The number of phosphoric ester groups is 1. The normalized spacial score (nSPS) is 7.33. The number of non-ortho nitro benzene ring substituents is 1. The predicted molar refractivity (Wildman–Crippen MR) is 63.0 cm³/mol. The SMILES string of the molecule is O.O.O.O.O.O.O=[N+]([O-])c1ccc(OP(=O)([O-])[O-])cc1.[Na+]. The van der Waals surface area contributed by atoms with Crippen molar-refractivity contribution in [3.8, 4) is 5.75 Å². The number of hydrogen-bond donors (Lipinski definition) is 0. The Morgan fingerprint density at radius 3 is 1.48 bits per heavy atom. The van der Waals surface area contributed by atoms with E-state index in [4.69, 9.17) is 0 Å². The molecule has 0 saturated heterocycles. The van der Waals surface area contributed by atoms with E-state index in [1.807, 2.05) is 0 Å². The van der Waals surface area contributed by atoms with Crippen LogP contribution in [0.25, 0.3) is 0 Å². The molecule has 0 aliphatic carbocycles. The van der Waals surface area contributed by atoms with Gasteiger partial charge in [-0.3, -0.25) is 10.1 Å². The van der Waals surface area contributed by atoms with Crippen LogP contribution in [0.2, 0.25) is 0 Å². The van der Waals surface area contributed by atoms with Crippen molar-refractivity contribution in [3.05, 3.63) is 34.4 Å². The molecule has 15 heteroatoms. The van der Waals surface area contributed by atoms with Gasteiger partial charge < -0.3 is 51.7 Å². The second-order valence-corrected chi connectivity index (χ2v) is 3.37. The third-order valence-electron chi connectivity index (χ3n) is 1.26. The van der Waals surface area contributed by atoms with Crippen molar-refractivity contribution >= 4 is 13.5 Å². The van der Waals surface area contributed by atoms with Crippen molar-refractivity contribution in [1.29, 1.82) is 0 Å². The summed E-state index contributed by atoms with van der Waals surface area (Å²) in [7, 11) is -5.10. The Hall–Kier alpha value is -0.670. The van der Waals surface area contributed by atoms with Gasteiger partial charge in [-0.05, 0) is 12.1 Å². The van der Waals surface area contributed by atoms with Gasteiger partial charge >= 0.3 is 29.6 Å². The quantitative estimate of drug-likeness (QED) is 0.220. The molecule has 0 aliphatic rings. The van der Waals surface area contributed by atoms with Crippen molar-refractivity contribution < 1.29 is 86.2 Å². The summed E-state index contributed by atoms with van der Waals surface area (Å²) in [4.78, 5) is 29.8. The molecule has 0 atom stereocenters. The van der Waals surface area contributed by atoms with Gasteiger partial charge in [0.25, 0.3) is 5.69 Å². The van der Waals surface area contributed by atoms with Crippen LogP contribution in [0.4, 0.5) is 5.69 Å². The number of nitro benzene ring substituents is 1. The molecule has 0 aromatic heterocycles. The van der Waals surface area contributed by atoms with Gasteiger partial charge in [0.15, 0.2) is 0 Å². The molecule has 124 valence electrons. The second-order valence-electron chi connectivity index (χ2n) is 2.29. The molecule has 0 spiro atoms. The number of nitrogens with zero attached hydrogens (tertiary/aromatic N) is 1. The van der Waals surface area contributed by atoms with E-state index in [-0.39, 0.29) is 73.9 Å². The second kappa shape index (κ2) is 17.4. The van der Waals surface area contributed by atoms with Crippen molar-refractivity contribution in [2.75, 3.05) is 0 Å². The van der Waals surface area contributed by atoms with Crippen LogP contribution in [0.1, 0.15) is 0 Å². The topological polar surface area (TPSA) is 305 Å². The molecule has 13 nitrogen and oxygen atoms in total. The molecule has 0 saturated carbocycles. The third kappa shape index (κ3) is 17.3. The summed E-state index contributed by atoms with van der Waals surface area (Å²) in [6.45, 7) is 0. The Kier molecular flexibility index (Phi) is 35.4. The van der Waals surface area contributed by atoms with Crippen LogP contribution in [0.5, 0.6) is 5.75 Å². The van der Waals surface area contributed by atoms with Gasteiger partial charge in [0.1, 0.15) is 13.6 Å². The molecule has 0 bridgehead atoms. The molecular weight excluding hydrogens is 332 g/mol. The average molecular weight is 348 g/mol. The van der Waals surface area contributed by atoms with E-state index in [0.29, 0.717) is 0 Å². The first kappa shape index (κ1) is 42.8. The minimum atomic E-state index is -5.10. The molecule has 0 heterocycles. The first-order chi connectivity index (χ1) is 6.38. The van der Waals surface area contributed by atoms with Crippen molar-refractivity contribution in [1.82, 2.24) is 0 Å². The van der Waals surface area contributed by atoms with Gasteiger partial charge in [-0.2, -0.15) is 0 Å². The molecule has 0 fully saturated rings. The van der Waals surface area contributed by atoms with E-state index >= 15 is 0 Å². The van der Waals surface area contributed by atoms with E-state index in [0.717, 1.165) is 24.3 Å². The molecule has 0 aliphatic heterocycles. The van der Waals surface area contributed by atoms with Crippen LogP contribution in [-0.2, 0) is 4.57 Å². The predicted octanol–water partition coefficient (Wildman–Crippen LogP) is -8.14. The minimum Gasteiger partial charge on any atom is -0.780 e. The monoisotopic (exact) mass is 348 g/mol. The van der Waals surface area contributed by atoms with Crippen LogP contribution in [0.3, 0.4) is 0 Å². The van der Waals surface area contributed by atoms with E-state index in [1.54, 1.807) is 0 Å². The number of hydrogen-bond acceptors (Lipinski definition) is 6. The molecule has 0 radical (unpaired) electrons. The minimum absolute atomic E-state index is 0. The summed E-state index contributed by atoms with van der Waals surface area (Å²) >= 11 is 0. The summed E-state index contributed by atoms with van der Waals surface area (Å²) in [5, 5.41) is 10.2. The Morgan fingerprint density at radius 1 is 0.905 bits per heavy atom. The van der Waals surface area contributed by atoms with Gasteiger partial charge in [-0.25, -0.2) is 0 Å². The van der Waals surface area contributed by atoms with Crippen molar-refractivity contribution in [2.24, 2.45) is 0 Å². The van der Waals surface area contributed by atoms with Gasteiger partial charge in [0.05, 0.1) is 4.92 Å². The maximum absolute atomic E-state index is 10.2. The largest absolute Gasteiger partial charge is 1.00 e. The van der Waals surface area contributed by atoms with E-state index in [2.05, 4.69) is 4.52 Å². The molecule has 21 heavy (non-hydrogen) atoms. The molecular formula is C6H16NNaO12P-. The number of phosphoric acid groups is 1. The first-order valence-electron chi connectivity index (χ1n) is 3.34. The standard InChI is InChI=1S/C6H6NO6P.Na.6H2O/c8-7(9)5-1-3-6(4-2-5)13-14(10,11)12;;;;;;;/h1-4H,(H2,10,11,12);;6*1H2/q;+1;;;;;;/p-2. The van der Waals surface area contributed by atoms with E-state index in [9.17, 15) is 24.5 Å². The zero-order valence-electron chi connectivity index (χ0n) is 10.7. The Morgan fingerprint density at radius 2 is 1.24 bits per heavy atom. The summed E-state index contributed by atoms with van der Waals surface area (Å²) in [6, 6.07) is 4.12.